The first-order valence-electron chi connectivity index (χ1n) is 11.1. The van der Waals surface area contributed by atoms with Crippen LogP contribution in [-0.4, -0.2) is 41.6 Å². The first kappa shape index (κ1) is 25.2. The van der Waals surface area contributed by atoms with Crippen LogP contribution in [0.3, 0.4) is 0 Å². The predicted molar refractivity (Wildman–Crippen MR) is 125 cm³/mol. The van der Waals surface area contributed by atoms with Gasteiger partial charge in [0, 0.05) is 17.8 Å². The Kier molecular flexibility index (Phi) is 9.53. The number of aryl methyl sites for hydroxylation is 2. The van der Waals surface area contributed by atoms with Crippen molar-refractivity contribution < 1.29 is 24.2 Å². The van der Waals surface area contributed by atoms with E-state index in [-0.39, 0.29) is 12.4 Å². The Morgan fingerprint density at radius 2 is 1.62 bits per heavy atom. The van der Waals surface area contributed by atoms with Crippen LogP contribution < -0.4 is 10.1 Å². The summed E-state index contributed by atoms with van der Waals surface area (Å²) in [5.74, 6) is -0.193. The van der Waals surface area contributed by atoms with Crippen molar-refractivity contribution in [2.45, 2.75) is 54.0 Å². The van der Waals surface area contributed by atoms with Crippen LogP contribution in [0.15, 0.2) is 30.3 Å². The first-order valence-corrected chi connectivity index (χ1v) is 11.1. The molecule has 32 heavy (non-hydrogen) atoms. The van der Waals surface area contributed by atoms with E-state index < -0.39 is 11.9 Å². The molecule has 0 saturated carbocycles. The van der Waals surface area contributed by atoms with E-state index in [1.54, 1.807) is 31.2 Å². The second-order valence-electron chi connectivity index (χ2n) is 7.78. The van der Waals surface area contributed by atoms with Crippen LogP contribution in [0.25, 0.3) is 0 Å². The summed E-state index contributed by atoms with van der Waals surface area (Å²) < 4.78 is 10.9. The minimum absolute atomic E-state index is 0.139. The minimum atomic E-state index is -0.917. The van der Waals surface area contributed by atoms with E-state index in [0.29, 0.717) is 23.7 Å². The van der Waals surface area contributed by atoms with Crippen molar-refractivity contribution in [2.24, 2.45) is 0 Å². The highest BCUT2D eigenvalue weighted by Gasteiger charge is 2.17. The van der Waals surface area contributed by atoms with Crippen LogP contribution in [-0.2, 0) is 20.9 Å². The largest absolute Gasteiger partial charge is 0.508 e. The summed E-state index contributed by atoms with van der Waals surface area (Å²) in [5.41, 5.74) is 2.92. The fourth-order valence-electron chi connectivity index (χ4n) is 3.58. The summed E-state index contributed by atoms with van der Waals surface area (Å²) in [4.78, 5) is 25.8. The second-order valence-corrected chi connectivity index (χ2v) is 7.78. The van der Waals surface area contributed by atoms with Gasteiger partial charge in [-0.05, 0) is 88.2 Å². The molecule has 2 aromatic carbocycles. The Morgan fingerprint density at radius 3 is 2.19 bits per heavy atom. The highest BCUT2D eigenvalue weighted by Crippen LogP contribution is 2.33. The first-order chi connectivity index (χ1) is 15.3. The average molecular weight is 443 g/mol. The maximum atomic E-state index is 11.9. The van der Waals surface area contributed by atoms with Crippen molar-refractivity contribution in [3.05, 3.63) is 47.0 Å². The smallest absolute Gasteiger partial charge is 0.397 e. The van der Waals surface area contributed by atoms with E-state index in [1.165, 1.54) is 0 Å². The zero-order valence-electron chi connectivity index (χ0n) is 19.7. The molecular weight excluding hydrogens is 408 g/mol. The third-order valence-corrected chi connectivity index (χ3v) is 4.92. The zero-order valence-corrected chi connectivity index (χ0v) is 19.7. The lowest BCUT2D eigenvalue weighted by molar-refractivity contribution is -0.152. The number of rotatable bonds is 10. The molecule has 0 aromatic heterocycles. The SMILES string of the molecule is CCCN(CCC)Cc1cc(Oc2c(C)cc(NC(=O)C(=O)OCC)cc2C)ccc1O. The summed E-state index contributed by atoms with van der Waals surface area (Å²) in [6.07, 6.45) is 2.10. The van der Waals surface area contributed by atoms with Gasteiger partial charge in [-0.15, -0.1) is 0 Å². The maximum absolute atomic E-state index is 11.9. The molecule has 0 aliphatic rings. The van der Waals surface area contributed by atoms with E-state index >= 15 is 0 Å². The molecule has 0 atom stereocenters. The molecule has 0 bridgehead atoms. The Balaban J connectivity index is 2.20. The number of phenolic OH excluding ortho intramolecular Hbond substituents is 1. The molecule has 2 N–H and O–H groups in total. The van der Waals surface area contributed by atoms with Gasteiger partial charge in [-0.2, -0.15) is 0 Å². The van der Waals surface area contributed by atoms with Crippen molar-refractivity contribution in [1.82, 2.24) is 4.90 Å². The molecule has 0 fully saturated rings. The minimum Gasteiger partial charge on any atom is -0.508 e. The summed E-state index contributed by atoms with van der Waals surface area (Å²) in [6, 6.07) is 8.73. The Morgan fingerprint density at radius 1 is 1.00 bits per heavy atom. The number of nitrogens with one attached hydrogen (secondary N) is 1. The number of hydrogen-bond donors (Lipinski definition) is 2. The standard InChI is InChI=1S/C25H34N2O5/c1-6-11-27(12-7-2)16-19-15-21(9-10-22(19)28)32-23-17(4)13-20(14-18(23)5)26-24(29)25(30)31-8-3/h9-10,13-15,28H,6-8,11-12,16H2,1-5H3,(H,26,29). The Hall–Kier alpha value is -3.06. The molecule has 174 valence electrons. The monoisotopic (exact) mass is 442 g/mol. The molecule has 2 rings (SSSR count). The van der Waals surface area contributed by atoms with Crippen LogP contribution in [0.2, 0.25) is 0 Å². The van der Waals surface area contributed by atoms with Crippen LogP contribution >= 0.6 is 0 Å². The Labute approximate surface area is 190 Å². The lowest BCUT2D eigenvalue weighted by Crippen LogP contribution is -2.25. The molecule has 2 aromatic rings. The number of carbonyl (C=O) groups is 2. The van der Waals surface area contributed by atoms with Gasteiger partial charge in [-0.1, -0.05) is 13.8 Å². The molecule has 0 saturated heterocycles. The fourth-order valence-corrected chi connectivity index (χ4v) is 3.58. The second kappa shape index (κ2) is 12.1. The molecule has 1 amide bonds. The molecule has 0 aliphatic heterocycles. The number of phenols is 1. The van der Waals surface area contributed by atoms with Crippen LogP contribution in [0.1, 0.15) is 50.3 Å². The predicted octanol–water partition coefficient (Wildman–Crippen LogP) is 4.92. The molecule has 0 aliphatic carbocycles. The number of aromatic hydroxyl groups is 1. The van der Waals surface area contributed by atoms with E-state index in [9.17, 15) is 14.7 Å². The number of ether oxygens (including phenoxy) is 2. The summed E-state index contributed by atoms with van der Waals surface area (Å²) in [5, 5.41) is 12.9. The highest BCUT2D eigenvalue weighted by molar-refractivity contribution is 6.37. The summed E-state index contributed by atoms with van der Waals surface area (Å²) >= 11 is 0. The zero-order chi connectivity index (χ0) is 23.7. The fraction of sp³-hybridized carbons (Fsp3) is 0.440. The van der Waals surface area contributed by atoms with Crippen LogP contribution in [0, 0.1) is 13.8 Å². The van der Waals surface area contributed by atoms with Gasteiger partial charge in [0.2, 0.25) is 0 Å². The quantitative estimate of drug-likeness (QED) is 0.401. The van der Waals surface area contributed by atoms with E-state index in [1.807, 2.05) is 19.9 Å². The van der Waals surface area contributed by atoms with Crippen LogP contribution in [0.5, 0.6) is 17.2 Å². The number of hydrogen-bond acceptors (Lipinski definition) is 6. The van der Waals surface area contributed by atoms with Gasteiger partial charge < -0.3 is 19.9 Å². The van der Waals surface area contributed by atoms with Gasteiger partial charge in [-0.25, -0.2) is 4.79 Å². The molecule has 7 heteroatoms. The molecule has 0 unspecified atom stereocenters. The molecule has 0 spiro atoms. The van der Waals surface area contributed by atoms with Gasteiger partial charge in [0.25, 0.3) is 0 Å². The van der Waals surface area contributed by atoms with Crippen molar-refractivity contribution >= 4 is 17.6 Å². The van der Waals surface area contributed by atoms with E-state index in [4.69, 9.17) is 9.47 Å². The third-order valence-electron chi connectivity index (χ3n) is 4.92. The van der Waals surface area contributed by atoms with Crippen LogP contribution in [0.4, 0.5) is 5.69 Å². The third kappa shape index (κ3) is 6.99. The maximum Gasteiger partial charge on any atom is 0.397 e. The van der Waals surface area contributed by atoms with Gasteiger partial charge in [0.15, 0.2) is 0 Å². The average Bonchev–Trinajstić information content (AvgIpc) is 2.73. The topological polar surface area (TPSA) is 88.1 Å². The number of benzene rings is 2. The van der Waals surface area contributed by atoms with Crippen molar-refractivity contribution in [3.63, 3.8) is 0 Å². The molecule has 0 heterocycles. The van der Waals surface area contributed by atoms with E-state index in [2.05, 4.69) is 24.1 Å². The summed E-state index contributed by atoms with van der Waals surface area (Å²) in [7, 11) is 0. The lowest BCUT2D eigenvalue weighted by atomic mass is 10.1. The number of anilines is 1. The van der Waals surface area contributed by atoms with Crippen molar-refractivity contribution in [1.29, 1.82) is 0 Å². The van der Waals surface area contributed by atoms with E-state index in [0.717, 1.165) is 42.6 Å². The normalized spacial score (nSPS) is 10.8. The lowest BCUT2D eigenvalue weighted by Gasteiger charge is -2.22. The molecule has 7 nitrogen and oxygen atoms in total. The van der Waals surface area contributed by atoms with Gasteiger partial charge in [0.05, 0.1) is 6.61 Å². The van der Waals surface area contributed by atoms with Gasteiger partial charge in [-0.3, -0.25) is 9.69 Å². The van der Waals surface area contributed by atoms with Gasteiger partial charge >= 0.3 is 11.9 Å². The van der Waals surface area contributed by atoms with Gasteiger partial charge in [0.1, 0.15) is 17.2 Å². The molecular formula is C25H34N2O5. The number of nitrogens with zero attached hydrogens (tertiary/aromatic N) is 1. The van der Waals surface area contributed by atoms with Crippen molar-refractivity contribution in [3.8, 4) is 17.2 Å². The summed E-state index contributed by atoms with van der Waals surface area (Å²) in [6.45, 7) is 12.4. The highest BCUT2D eigenvalue weighted by atomic mass is 16.5. The Bertz CT molecular complexity index is 913. The number of carbonyl (C=O) groups excluding carboxylic acids is 2. The molecule has 0 radical (unpaired) electrons. The number of amides is 1. The number of esters is 1. The van der Waals surface area contributed by atoms with Crippen molar-refractivity contribution in [2.75, 3.05) is 25.0 Å².